The van der Waals surface area contributed by atoms with Crippen LogP contribution in [0.15, 0.2) is 54.7 Å². The molecule has 0 spiro atoms. The van der Waals surface area contributed by atoms with Crippen molar-refractivity contribution in [2.45, 2.75) is 12.5 Å². The minimum atomic E-state index is -1.15. The van der Waals surface area contributed by atoms with Gasteiger partial charge in [0.15, 0.2) is 0 Å². The van der Waals surface area contributed by atoms with Crippen LogP contribution in [0.1, 0.15) is 15.9 Å². The Morgan fingerprint density at radius 1 is 1.12 bits per heavy atom. The number of nitrogens with zero attached hydrogens (tertiary/aromatic N) is 1. The Bertz CT molecular complexity index is 991. The van der Waals surface area contributed by atoms with Crippen LogP contribution in [0.5, 0.6) is 0 Å². The van der Waals surface area contributed by atoms with E-state index in [-0.39, 0.29) is 12.0 Å². The van der Waals surface area contributed by atoms with E-state index in [9.17, 15) is 14.7 Å². The second-order valence-electron chi connectivity index (χ2n) is 5.72. The molecule has 2 aromatic carbocycles. The molecule has 0 radical (unpaired) electrons. The summed E-state index contributed by atoms with van der Waals surface area (Å²) in [5, 5.41) is 13.6. The maximum absolute atomic E-state index is 12.5. The number of pyridine rings is 1. The molecular weight excluding hydrogens is 375 g/mol. The summed E-state index contributed by atoms with van der Waals surface area (Å²) in [6.07, 6.45) is 1.46. The predicted octanol–water partition coefficient (Wildman–Crippen LogP) is 3.97. The Kier molecular flexibility index (Phi) is 5.40. The van der Waals surface area contributed by atoms with Gasteiger partial charge in [-0.25, -0.2) is 4.79 Å². The molecule has 1 heterocycles. The average Bonchev–Trinajstić information content (AvgIpc) is 2.62. The summed E-state index contributed by atoms with van der Waals surface area (Å²) < 4.78 is 0. The normalized spacial score (nSPS) is 11.9. The molecule has 0 aliphatic carbocycles. The van der Waals surface area contributed by atoms with Gasteiger partial charge in [-0.05, 0) is 29.8 Å². The molecule has 0 aliphatic heterocycles. The zero-order valence-electron chi connectivity index (χ0n) is 13.4. The van der Waals surface area contributed by atoms with Gasteiger partial charge < -0.3 is 10.4 Å². The van der Waals surface area contributed by atoms with E-state index in [4.69, 9.17) is 23.2 Å². The Balaban J connectivity index is 1.80. The van der Waals surface area contributed by atoms with Crippen LogP contribution in [0.2, 0.25) is 10.0 Å². The quantitative estimate of drug-likeness (QED) is 0.692. The number of fused-ring (bicyclic) bond motifs is 1. The highest BCUT2D eigenvalue weighted by molar-refractivity contribution is 6.35. The Hall–Kier alpha value is -2.63. The van der Waals surface area contributed by atoms with Crippen molar-refractivity contribution in [2.24, 2.45) is 0 Å². The number of aliphatic carboxylic acids is 1. The van der Waals surface area contributed by atoms with E-state index in [1.165, 1.54) is 12.3 Å². The minimum Gasteiger partial charge on any atom is -0.480 e. The van der Waals surface area contributed by atoms with Gasteiger partial charge >= 0.3 is 5.97 Å². The van der Waals surface area contributed by atoms with Crippen LogP contribution < -0.4 is 5.32 Å². The Morgan fingerprint density at radius 2 is 1.88 bits per heavy atom. The number of carbonyl (C=O) groups is 2. The van der Waals surface area contributed by atoms with Crippen LogP contribution in [0.25, 0.3) is 10.9 Å². The van der Waals surface area contributed by atoms with Crippen molar-refractivity contribution in [2.75, 3.05) is 0 Å². The van der Waals surface area contributed by atoms with Crippen molar-refractivity contribution < 1.29 is 14.7 Å². The largest absolute Gasteiger partial charge is 0.480 e. The molecule has 0 saturated heterocycles. The summed E-state index contributed by atoms with van der Waals surface area (Å²) in [7, 11) is 0. The highest BCUT2D eigenvalue weighted by Crippen LogP contribution is 2.22. The molecule has 0 unspecified atom stereocenters. The van der Waals surface area contributed by atoms with Crippen LogP contribution in [0.3, 0.4) is 0 Å². The molecule has 5 nitrogen and oxygen atoms in total. The van der Waals surface area contributed by atoms with E-state index in [0.717, 1.165) is 10.9 Å². The fourth-order valence-corrected chi connectivity index (χ4v) is 3.03. The molecule has 3 aromatic rings. The van der Waals surface area contributed by atoms with Crippen LogP contribution in [0.4, 0.5) is 0 Å². The van der Waals surface area contributed by atoms with Crippen molar-refractivity contribution in [1.29, 1.82) is 0 Å². The van der Waals surface area contributed by atoms with E-state index in [0.29, 0.717) is 15.6 Å². The predicted molar refractivity (Wildman–Crippen MR) is 101 cm³/mol. The third-order valence-electron chi connectivity index (χ3n) is 3.90. The molecule has 1 atom stereocenters. The number of para-hydroxylation sites is 1. The molecule has 1 amide bonds. The summed E-state index contributed by atoms with van der Waals surface area (Å²) in [6.45, 7) is 0. The third-order valence-corrected chi connectivity index (χ3v) is 4.48. The van der Waals surface area contributed by atoms with Gasteiger partial charge in [0, 0.05) is 28.0 Å². The lowest BCUT2D eigenvalue weighted by atomic mass is 10.1. The molecule has 3 rings (SSSR count). The number of nitrogens with one attached hydrogen (secondary N) is 1. The number of halogens is 2. The van der Waals surface area contributed by atoms with Crippen molar-refractivity contribution in [1.82, 2.24) is 10.3 Å². The summed E-state index contributed by atoms with van der Waals surface area (Å²) in [6, 6.07) is 12.7. The maximum atomic E-state index is 12.5. The van der Waals surface area contributed by atoms with Crippen molar-refractivity contribution in [3.8, 4) is 0 Å². The second-order valence-corrected chi connectivity index (χ2v) is 6.56. The molecule has 0 saturated carbocycles. The molecule has 1 aromatic heterocycles. The zero-order chi connectivity index (χ0) is 18.7. The lowest BCUT2D eigenvalue weighted by Gasteiger charge is -2.15. The number of carbonyl (C=O) groups excluding carboxylic acids is 1. The lowest BCUT2D eigenvalue weighted by molar-refractivity contribution is -0.139. The summed E-state index contributed by atoms with van der Waals surface area (Å²) >= 11 is 11.9. The van der Waals surface area contributed by atoms with E-state index < -0.39 is 17.9 Å². The van der Waals surface area contributed by atoms with Gasteiger partial charge in [-0.3, -0.25) is 9.78 Å². The van der Waals surface area contributed by atoms with Gasteiger partial charge in [0.1, 0.15) is 6.04 Å². The number of amides is 1. The highest BCUT2D eigenvalue weighted by Gasteiger charge is 2.22. The first-order valence-corrected chi connectivity index (χ1v) is 8.52. The first-order chi connectivity index (χ1) is 12.4. The zero-order valence-corrected chi connectivity index (χ0v) is 15.0. The number of hydrogen-bond donors (Lipinski definition) is 2. The van der Waals surface area contributed by atoms with E-state index >= 15 is 0 Å². The smallest absolute Gasteiger partial charge is 0.326 e. The Labute approximate surface area is 159 Å². The molecule has 0 fully saturated rings. The summed E-state index contributed by atoms with van der Waals surface area (Å²) in [4.78, 5) is 28.2. The van der Waals surface area contributed by atoms with Gasteiger partial charge in [0.25, 0.3) is 5.91 Å². The molecule has 0 bridgehead atoms. The van der Waals surface area contributed by atoms with E-state index in [2.05, 4.69) is 10.3 Å². The van der Waals surface area contributed by atoms with Gasteiger partial charge in [0.2, 0.25) is 0 Å². The number of carboxylic acid groups (broad SMARTS) is 1. The highest BCUT2D eigenvalue weighted by atomic mass is 35.5. The SMILES string of the molecule is O=C(N[C@H](Cc1ccc(Cl)cc1Cl)C(=O)O)c1cnc2ccccc2c1. The topological polar surface area (TPSA) is 79.3 Å². The van der Waals surface area contributed by atoms with Gasteiger partial charge in [-0.1, -0.05) is 47.5 Å². The first kappa shape index (κ1) is 18.2. The Morgan fingerprint density at radius 3 is 2.62 bits per heavy atom. The van der Waals surface area contributed by atoms with Crippen molar-refractivity contribution in [3.63, 3.8) is 0 Å². The van der Waals surface area contributed by atoms with Crippen molar-refractivity contribution in [3.05, 3.63) is 75.9 Å². The monoisotopic (exact) mass is 388 g/mol. The van der Waals surface area contributed by atoms with Gasteiger partial charge in [-0.15, -0.1) is 0 Å². The lowest BCUT2D eigenvalue weighted by Crippen LogP contribution is -2.42. The standard InChI is InChI=1S/C19H14Cl2N2O3/c20-14-6-5-11(15(21)9-14)8-17(19(25)26)23-18(24)13-7-12-3-1-2-4-16(12)22-10-13/h1-7,9-10,17H,8H2,(H,23,24)(H,25,26)/t17-/m1/s1. The number of hydrogen-bond acceptors (Lipinski definition) is 3. The summed E-state index contributed by atoms with van der Waals surface area (Å²) in [5.74, 6) is -1.67. The molecular formula is C19H14Cl2N2O3. The molecule has 0 aliphatic rings. The number of carboxylic acids is 1. The first-order valence-electron chi connectivity index (χ1n) is 7.76. The number of rotatable bonds is 5. The fourth-order valence-electron chi connectivity index (χ4n) is 2.54. The molecule has 7 heteroatoms. The fraction of sp³-hybridized carbons (Fsp3) is 0.105. The van der Waals surface area contributed by atoms with Crippen LogP contribution in [0, 0.1) is 0 Å². The second kappa shape index (κ2) is 7.72. The van der Waals surface area contributed by atoms with E-state index in [1.807, 2.05) is 24.3 Å². The number of benzene rings is 2. The van der Waals surface area contributed by atoms with Crippen molar-refractivity contribution >= 4 is 46.0 Å². The average molecular weight is 389 g/mol. The maximum Gasteiger partial charge on any atom is 0.326 e. The molecule has 26 heavy (non-hydrogen) atoms. The van der Waals surface area contributed by atoms with Gasteiger partial charge in [-0.2, -0.15) is 0 Å². The van der Waals surface area contributed by atoms with Crippen LogP contribution >= 0.6 is 23.2 Å². The van der Waals surface area contributed by atoms with Crippen LogP contribution in [-0.2, 0) is 11.2 Å². The minimum absolute atomic E-state index is 0.0398. The van der Waals surface area contributed by atoms with Crippen LogP contribution in [-0.4, -0.2) is 28.0 Å². The van der Waals surface area contributed by atoms with E-state index in [1.54, 1.807) is 18.2 Å². The van der Waals surface area contributed by atoms with Gasteiger partial charge in [0.05, 0.1) is 11.1 Å². The molecule has 2 N–H and O–H groups in total. The third kappa shape index (κ3) is 4.12. The number of aromatic nitrogens is 1. The molecule has 132 valence electrons. The summed E-state index contributed by atoms with van der Waals surface area (Å²) in [5.41, 5.74) is 1.63.